The first-order chi connectivity index (χ1) is 10.6. The lowest BCUT2D eigenvalue weighted by Gasteiger charge is -2.12. The molecule has 2 aromatic rings. The van der Waals surface area contributed by atoms with Gasteiger partial charge in [-0.05, 0) is 23.8 Å². The van der Waals surface area contributed by atoms with Crippen molar-refractivity contribution in [2.45, 2.75) is 18.6 Å². The SMILES string of the molecule is O=C(NC1CC(c2ccccc2)NN1)c1ccc(Cl)c(Cl)c1. The van der Waals surface area contributed by atoms with E-state index < -0.39 is 0 Å². The number of hydrogen-bond donors (Lipinski definition) is 3. The molecule has 0 saturated carbocycles. The number of halogens is 2. The Balaban J connectivity index is 1.62. The van der Waals surface area contributed by atoms with Gasteiger partial charge in [-0.3, -0.25) is 4.79 Å². The molecule has 0 bridgehead atoms. The molecule has 114 valence electrons. The van der Waals surface area contributed by atoms with E-state index in [0.29, 0.717) is 15.6 Å². The summed E-state index contributed by atoms with van der Waals surface area (Å²) in [5.41, 5.74) is 7.95. The lowest BCUT2D eigenvalue weighted by Crippen LogP contribution is -2.44. The van der Waals surface area contributed by atoms with Crippen LogP contribution in [0.25, 0.3) is 0 Å². The first-order valence-corrected chi connectivity index (χ1v) is 7.71. The Morgan fingerprint density at radius 2 is 1.82 bits per heavy atom. The number of benzene rings is 2. The second kappa shape index (κ2) is 6.67. The molecule has 1 aliphatic rings. The minimum Gasteiger partial charge on any atom is -0.335 e. The molecule has 6 heteroatoms. The molecule has 0 radical (unpaired) electrons. The average molecular weight is 336 g/mol. The fourth-order valence-corrected chi connectivity index (χ4v) is 2.73. The number of carbonyl (C=O) groups excluding carboxylic acids is 1. The van der Waals surface area contributed by atoms with Gasteiger partial charge in [-0.1, -0.05) is 53.5 Å². The van der Waals surface area contributed by atoms with Crippen LogP contribution in [0.5, 0.6) is 0 Å². The summed E-state index contributed by atoms with van der Waals surface area (Å²) < 4.78 is 0. The Labute approximate surface area is 138 Å². The molecule has 2 unspecified atom stereocenters. The molecule has 22 heavy (non-hydrogen) atoms. The lowest BCUT2D eigenvalue weighted by molar-refractivity contribution is 0.0932. The number of rotatable bonds is 3. The lowest BCUT2D eigenvalue weighted by atomic mass is 10.0. The molecule has 1 amide bonds. The van der Waals surface area contributed by atoms with Gasteiger partial charge < -0.3 is 5.32 Å². The second-order valence-electron chi connectivity index (χ2n) is 5.14. The number of amides is 1. The van der Waals surface area contributed by atoms with Gasteiger partial charge in [-0.25, -0.2) is 10.9 Å². The zero-order chi connectivity index (χ0) is 15.5. The highest BCUT2D eigenvalue weighted by molar-refractivity contribution is 6.42. The maximum atomic E-state index is 12.2. The first-order valence-electron chi connectivity index (χ1n) is 6.95. The van der Waals surface area contributed by atoms with Gasteiger partial charge in [-0.15, -0.1) is 0 Å². The molecular weight excluding hydrogens is 321 g/mol. The summed E-state index contributed by atoms with van der Waals surface area (Å²) in [5, 5.41) is 3.73. The predicted molar refractivity (Wildman–Crippen MR) is 87.8 cm³/mol. The van der Waals surface area contributed by atoms with Crippen molar-refractivity contribution in [3.8, 4) is 0 Å². The fourth-order valence-electron chi connectivity index (χ4n) is 2.43. The molecule has 3 N–H and O–H groups in total. The topological polar surface area (TPSA) is 53.2 Å². The molecule has 0 spiro atoms. The third-order valence-electron chi connectivity index (χ3n) is 3.59. The quantitative estimate of drug-likeness (QED) is 0.806. The van der Waals surface area contributed by atoms with E-state index in [-0.39, 0.29) is 18.1 Å². The van der Waals surface area contributed by atoms with Crippen molar-refractivity contribution < 1.29 is 4.79 Å². The van der Waals surface area contributed by atoms with Crippen LogP contribution in [0.1, 0.15) is 28.4 Å². The van der Waals surface area contributed by atoms with Crippen LogP contribution in [0.4, 0.5) is 0 Å². The average Bonchev–Trinajstić information content (AvgIpc) is 2.99. The molecule has 0 aromatic heterocycles. The largest absolute Gasteiger partial charge is 0.335 e. The molecule has 1 aliphatic heterocycles. The van der Waals surface area contributed by atoms with Crippen molar-refractivity contribution in [3.63, 3.8) is 0 Å². The Bertz CT molecular complexity index is 678. The van der Waals surface area contributed by atoms with Gasteiger partial charge in [0.25, 0.3) is 5.91 Å². The predicted octanol–water partition coefficient (Wildman–Crippen LogP) is 3.29. The maximum Gasteiger partial charge on any atom is 0.252 e. The number of nitrogens with one attached hydrogen (secondary N) is 3. The molecule has 1 heterocycles. The molecule has 0 aliphatic carbocycles. The van der Waals surface area contributed by atoms with Crippen molar-refractivity contribution in [2.75, 3.05) is 0 Å². The summed E-state index contributed by atoms with van der Waals surface area (Å²) in [6.07, 6.45) is 0.615. The summed E-state index contributed by atoms with van der Waals surface area (Å²) in [6.45, 7) is 0. The number of hydrazine groups is 1. The van der Waals surface area contributed by atoms with Crippen LogP contribution < -0.4 is 16.2 Å². The van der Waals surface area contributed by atoms with Gasteiger partial charge in [0.1, 0.15) is 0 Å². The van der Waals surface area contributed by atoms with Crippen LogP contribution in [-0.4, -0.2) is 12.1 Å². The van der Waals surface area contributed by atoms with E-state index in [1.807, 2.05) is 18.2 Å². The second-order valence-corrected chi connectivity index (χ2v) is 5.96. The van der Waals surface area contributed by atoms with E-state index in [2.05, 4.69) is 28.3 Å². The van der Waals surface area contributed by atoms with Crippen LogP contribution >= 0.6 is 23.2 Å². The molecule has 4 nitrogen and oxygen atoms in total. The summed E-state index contributed by atoms with van der Waals surface area (Å²) in [7, 11) is 0. The van der Waals surface area contributed by atoms with Crippen molar-refractivity contribution in [3.05, 3.63) is 69.7 Å². The van der Waals surface area contributed by atoms with E-state index in [1.54, 1.807) is 18.2 Å². The minimum atomic E-state index is -0.188. The van der Waals surface area contributed by atoms with Crippen molar-refractivity contribution in [1.29, 1.82) is 0 Å². The van der Waals surface area contributed by atoms with E-state index in [0.717, 1.165) is 6.42 Å². The van der Waals surface area contributed by atoms with E-state index >= 15 is 0 Å². The minimum absolute atomic E-state index is 0.146. The van der Waals surface area contributed by atoms with Gasteiger partial charge in [0.15, 0.2) is 0 Å². The molecule has 2 atom stereocenters. The van der Waals surface area contributed by atoms with Crippen molar-refractivity contribution in [2.24, 2.45) is 0 Å². The maximum absolute atomic E-state index is 12.2. The highest BCUT2D eigenvalue weighted by Gasteiger charge is 2.26. The van der Waals surface area contributed by atoms with Crippen molar-refractivity contribution >= 4 is 29.1 Å². The normalized spacial score (nSPS) is 20.8. The van der Waals surface area contributed by atoms with Gasteiger partial charge in [-0.2, -0.15) is 0 Å². The third-order valence-corrected chi connectivity index (χ3v) is 4.33. The number of hydrogen-bond acceptors (Lipinski definition) is 3. The van der Waals surface area contributed by atoms with Gasteiger partial charge in [0.05, 0.1) is 16.2 Å². The highest BCUT2D eigenvalue weighted by Crippen LogP contribution is 2.23. The molecule has 2 aromatic carbocycles. The van der Waals surface area contributed by atoms with Gasteiger partial charge in [0.2, 0.25) is 0 Å². The van der Waals surface area contributed by atoms with E-state index in [1.165, 1.54) is 5.56 Å². The third kappa shape index (κ3) is 3.42. The Hall–Kier alpha value is -1.59. The Kier molecular flexibility index (Phi) is 4.64. The van der Waals surface area contributed by atoms with E-state index in [9.17, 15) is 4.79 Å². The summed E-state index contributed by atoms with van der Waals surface area (Å²) in [5.74, 6) is -0.188. The smallest absolute Gasteiger partial charge is 0.252 e. The summed E-state index contributed by atoms with van der Waals surface area (Å²) >= 11 is 11.8. The molecular formula is C16H15Cl2N3O. The molecule has 3 rings (SSSR count). The Morgan fingerprint density at radius 3 is 2.55 bits per heavy atom. The van der Waals surface area contributed by atoms with Crippen LogP contribution in [-0.2, 0) is 0 Å². The van der Waals surface area contributed by atoms with Crippen molar-refractivity contribution in [1.82, 2.24) is 16.2 Å². The van der Waals surface area contributed by atoms with Gasteiger partial charge in [0, 0.05) is 18.0 Å². The standard InChI is InChI=1S/C16H15Cl2N3O/c17-12-7-6-11(8-13(12)18)16(22)19-15-9-14(20-21-15)10-4-2-1-3-5-10/h1-8,14-15,20-21H,9H2,(H,19,22). The zero-order valence-electron chi connectivity index (χ0n) is 11.6. The van der Waals surface area contributed by atoms with Gasteiger partial charge >= 0.3 is 0 Å². The van der Waals surface area contributed by atoms with Crippen LogP contribution in [0.15, 0.2) is 48.5 Å². The van der Waals surface area contributed by atoms with E-state index in [4.69, 9.17) is 23.2 Å². The van der Waals surface area contributed by atoms with Crippen LogP contribution in [0.2, 0.25) is 10.0 Å². The summed E-state index contributed by atoms with van der Waals surface area (Å²) in [6, 6.07) is 15.1. The van der Waals surface area contributed by atoms with Crippen LogP contribution in [0, 0.1) is 0 Å². The monoisotopic (exact) mass is 335 g/mol. The van der Waals surface area contributed by atoms with Crippen LogP contribution in [0.3, 0.4) is 0 Å². The Morgan fingerprint density at radius 1 is 1.05 bits per heavy atom. The fraction of sp³-hybridized carbons (Fsp3) is 0.188. The summed E-state index contributed by atoms with van der Waals surface area (Å²) in [4.78, 5) is 12.2. The zero-order valence-corrected chi connectivity index (χ0v) is 13.2. The molecule has 1 fully saturated rings. The highest BCUT2D eigenvalue weighted by atomic mass is 35.5. The number of carbonyl (C=O) groups is 1. The molecule has 1 saturated heterocycles. The first kappa shape index (κ1) is 15.3.